The standard InChI is InChI=1S/C8H4F7N/c9-7(10,8(11,12)13)5-1-3-6(4-2-5)16(14)15/h1-4H. The van der Waals surface area contributed by atoms with Gasteiger partial charge in [-0.15, -0.1) is 0 Å². The first-order valence-corrected chi connectivity index (χ1v) is 3.83. The Balaban J connectivity index is 3.07. The summed E-state index contributed by atoms with van der Waals surface area (Å²) in [4.78, 5) is 0. The number of benzene rings is 1. The molecule has 0 amide bonds. The van der Waals surface area contributed by atoms with Crippen molar-refractivity contribution < 1.29 is 30.9 Å². The molecule has 0 unspecified atom stereocenters. The van der Waals surface area contributed by atoms with Crippen LogP contribution in [0.1, 0.15) is 5.56 Å². The van der Waals surface area contributed by atoms with Crippen LogP contribution in [0.5, 0.6) is 0 Å². The van der Waals surface area contributed by atoms with Crippen molar-refractivity contribution in [1.29, 1.82) is 0 Å². The lowest BCUT2D eigenvalue weighted by molar-refractivity contribution is -0.289. The summed E-state index contributed by atoms with van der Waals surface area (Å²) in [5.74, 6) is -5.05. The first-order chi connectivity index (χ1) is 7.16. The molecule has 0 aliphatic rings. The number of anilines is 1. The zero-order valence-corrected chi connectivity index (χ0v) is 7.40. The molecule has 0 atom stereocenters. The Morgan fingerprint density at radius 3 is 1.56 bits per heavy atom. The molecule has 0 fully saturated rings. The van der Waals surface area contributed by atoms with Crippen molar-refractivity contribution in [2.24, 2.45) is 0 Å². The van der Waals surface area contributed by atoms with Gasteiger partial charge in [0.25, 0.3) is 0 Å². The Kier molecular flexibility index (Phi) is 3.02. The monoisotopic (exact) mass is 247 g/mol. The third-order valence-electron chi connectivity index (χ3n) is 1.78. The van der Waals surface area contributed by atoms with Crippen LogP contribution in [0.3, 0.4) is 0 Å². The fourth-order valence-corrected chi connectivity index (χ4v) is 0.947. The van der Waals surface area contributed by atoms with E-state index in [1.807, 2.05) is 0 Å². The first-order valence-electron chi connectivity index (χ1n) is 3.83. The quantitative estimate of drug-likeness (QED) is 0.565. The van der Waals surface area contributed by atoms with Gasteiger partial charge in [-0.25, -0.2) is 0 Å². The summed E-state index contributed by atoms with van der Waals surface area (Å²) in [6.07, 6.45) is -5.75. The molecule has 0 saturated heterocycles. The molecule has 0 spiro atoms. The van der Waals surface area contributed by atoms with E-state index < -0.39 is 28.7 Å². The van der Waals surface area contributed by atoms with Crippen LogP contribution in [-0.2, 0) is 5.92 Å². The zero-order chi connectivity index (χ0) is 12.6. The molecule has 0 saturated carbocycles. The molecule has 1 rings (SSSR count). The van der Waals surface area contributed by atoms with Crippen molar-refractivity contribution >= 4 is 5.69 Å². The summed E-state index contributed by atoms with van der Waals surface area (Å²) in [7, 11) is 0. The van der Waals surface area contributed by atoms with Crippen molar-refractivity contribution in [3.8, 4) is 0 Å². The zero-order valence-electron chi connectivity index (χ0n) is 7.40. The fourth-order valence-electron chi connectivity index (χ4n) is 0.947. The van der Waals surface area contributed by atoms with E-state index in [0.29, 0.717) is 24.3 Å². The summed E-state index contributed by atoms with van der Waals surface area (Å²) in [5.41, 5.74) is -2.16. The maximum atomic E-state index is 12.7. The topological polar surface area (TPSA) is 3.24 Å². The van der Waals surface area contributed by atoms with Crippen LogP contribution >= 0.6 is 0 Å². The largest absolute Gasteiger partial charge is 0.458 e. The lowest BCUT2D eigenvalue weighted by Crippen LogP contribution is -2.33. The molecule has 0 radical (unpaired) electrons. The number of alkyl halides is 5. The molecular weight excluding hydrogens is 243 g/mol. The van der Waals surface area contributed by atoms with Gasteiger partial charge in [0.1, 0.15) is 5.69 Å². The SMILES string of the molecule is FN(F)c1ccc(C(F)(F)C(F)(F)F)cc1. The molecule has 0 aliphatic heterocycles. The average Bonchev–Trinajstić information content (AvgIpc) is 2.16. The molecule has 1 aromatic carbocycles. The van der Waals surface area contributed by atoms with Gasteiger partial charge in [0.15, 0.2) is 0 Å². The lowest BCUT2D eigenvalue weighted by atomic mass is 10.1. The fraction of sp³-hybridized carbons (Fsp3) is 0.250. The smallest absolute Gasteiger partial charge is 0.191 e. The second-order valence-corrected chi connectivity index (χ2v) is 2.85. The van der Waals surface area contributed by atoms with Crippen LogP contribution in [0.25, 0.3) is 0 Å². The number of hydrogen-bond acceptors (Lipinski definition) is 1. The van der Waals surface area contributed by atoms with E-state index in [4.69, 9.17) is 0 Å². The Bertz CT molecular complexity index is 354. The van der Waals surface area contributed by atoms with E-state index >= 15 is 0 Å². The Hall–Kier alpha value is -1.47. The predicted molar refractivity (Wildman–Crippen MR) is 41.1 cm³/mol. The van der Waals surface area contributed by atoms with Crippen LogP contribution in [0, 0.1) is 0 Å². The summed E-state index contributed by atoms with van der Waals surface area (Å²) in [5, 5.41) is -1.39. The molecule has 1 aromatic rings. The normalized spacial score (nSPS) is 12.7. The van der Waals surface area contributed by atoms with Crippen LogP contribution in [0.2, 0.25) is 0 Å². The van der Waals surface area contributed by atoms with E-state index in [1.54, 1.807) is 0 Å². The molecule has 8 heteroatoms. The van der Waals surface area contributed by atoms with E-state index in [2.05, 4.69) is 0 Å². The summed E-state index contributed by atoms with van der Waals surface area (Å²) in [6, 6.07) is 1.54. The van der Waals surface area contributed by atoms with Crippen molar-refractivity contribution in [3.63, 3.8) is 0 Å². The highest BCUT2D eigenvalue weighted by Crippen LogP contribution is 2.44. The molecular formula is C8H4F7N. The molecule has 90 valence electrons. The predicted octanol–water partition coefficient (Wildman–Crippen LogP) is 3.92. The summed E-state index contributed by atoms with van der Waals surface area (Å²) in [6.45, 7) is 0. The van der Waals surface area contributed by atoms with Gasteiger partial charge in [-0.3, -0.25) is 0 Å². The van der Waals surface area contributed by atoms with Gasteiger partial charge in [0.05, 0.1) is 0 Å². The Labute approximate surface area is 85.0 Å². The molecule has 0 aliphatic carbocycles. The highest BCUT2D eigenvalue weighted by Gasteiger charge is 2.58. The maximum absolute atomic E-state index is 12.7. The summed E-state index contributed by atoms with van der Waals surface area (Å²) < 4.78 is 84.7. The average molecular weight is 247 g/mol. The maximum Gasteiger partial charge on any atom is 0.458 e. The van der Waals surface area contributed by atoms with E-state index in [1.165, 1.54) is 0 Å². The number of halogens is 7. The van der Waals surface area contributed by atoms with Gasteiger partial charge < -0.3 is 0 Å². The third kappa shape index (κ3) is 2.20. The van der Waals surface area contributed by atoms with Gasteiger partial charge in [-0.05, 0) is 17.5 Å². The molecule has 0 heterocycles. The minimum absolute atomic E-state index is 0.301. The van der Waals surface area contributed by atoms with Gasteiger partial charge in [-0.2, -0.15) is 22.0 Å². The van der Waals surface area contributed by atoms with Crippen molar-refractivity contribution in [1.82, 2.24) is 0 Å². The Morgan fingerprint density at radius 1 is 0.812 bits per heavy atom. The second-order valence-electron chi connectivity index (χ2n) is 2.85. The summed E-state index contributed by atoms with van der Waals surface area (Å²) >= 11 is 0. The van der Waals surface area contributed by atoms with E-state index in [9.17, 15) is 30.9 Å². The van der Waals surface area contributed by atoms with E-state index in [-0.39, 0.29) is 0 Å². The third-order valence-corrected chi connectivity index (χ3v) is 1.78. The molecule has 0 bridgehead atoms. The number of rotatable bonds is 2. The minimum Gasteiger partial charge on any atom is -0.191 e. The van der Waals surface area contributed by atoms with Crippen LogP contribution in [-0.4, -0.2) is 6.18 Å². The molecule has 16 heavy (non-hydrogen) atoms. The van der Waals surface area contributed by atoms with Gasteiger partial charge >= 0.3 is 12.1 Å². The van der Waals surface area contributed by atoms with Crippen molar-refractivity contribution in [3.05, 3.63) is 29.8 Å². The second kappa shape index (κ2) is 3.84. The van der Waals surface area contributed by atoms with Gasteiger partial charge in [0, 0.05) is 5.56 Å². The number of hydrogen-bond donors (Lipinski definition) is 0. The number of nitrogens with zero attached hydrogens (tertiary/aromatic N) is 1. The van der Waals surface area contributed by atoms with Gasteiger partial charge in [0.2, 0.25) is 0 Å². The molecule has 0 N–H and O–H groups in total. The molecule has 0 aromatic heterocycles. The first kappa shape index (κ1) is 12.6. The van der Waals surface area contributed by atoms with Crippen molar-refractivity contribution in [2.45, 2.75) is 12.1 Å². The Morgan fingerprint density at radius 2 is 1.25 bits per heavy atom. The van der Waals surface area contributed by atoms with Gasteiger partial charge in [-0.1, -0.05) is 21.1 Å². The van der Waals surface area contributed by atoms with Crippen LogP contribution in [0.4, 0.5) is 36.6 Å². The highest BCUT2D eigenvalue weighted by molar-refractivity contribution is 5.44. The highest BCUT2D eigenvalue weighted by atomic mass is 19.4. The van der Waals surface area contributed by atoms with Crippen LogP contribution < -0.4 is 5.34 Å². The lowest BCUT2D eigenvalue weighted by Gasteiger charge is -2.19. The van der Waals surface area contributed by atoms with E-state index in [0.717, 1.165) is 0 Å². The minimum atomic E-state index is -5.75. The van der Waals surface area contributed by atoms with Crippen molar-refractivity contribution in [2.75, 3.05) is 5.34 Å². The molecule has 1 nitrogen and oxygen atoms in total. The van der Waals surface area contributed by atoms with Crippen LogP contribution in [0.15, 0.2) is 24.3 Å².